The van der Waals surface area contributed by atoms with Crippen molar-refractivity contribution in [2.75, 3.05) is 7.05 Å². The molecule has 1 aliphatic carbocycles. The predicted octanol–water partition coefficient (Wildman–Crippen LogP) is 3.37. The Labute approximate surface area is 121 Å². The van der Waals surface area contributed by atoms with Crippen molar-refractivity contribution in [2.24, 2.45) is 5.92 Å². The highest BCUT2D eigenvalue weighted by Gasteiger charge is 2.48. The molecule has 0 bridgehead atoms. The van der Waals surface area contributed by atoms with E-state index in [-0.39, 0.29) is 23.5 Å². The first-order valence-electron chi connectivity index (χ1n) is 7.12. The molecule has 3 heteroatoms. The Balaban J connectivity index is 2.33. The standard InChI is InChI=1S/C16H24ClNO/c1-11(2)14(19)15(18-3)16(9-4-10-16)12-5-7-13(17)8-6-12/h5-8,11,14-15,18-19H,4,9-10H2,1-3H3. The lowest BCUT2D eigenvalue weighted by Crippen LogP contribution is -2.58. The van der Waals surface area contributed by atoms with E-state index in [1.807, 2.05) is 19.2 Å². The number of halogens is 1. The smallest absolute Gasteiger partial charge is 0.0724 e. The summed E-state index contributed by atoms with van der Waals surface area (Å²) < 4.78 is 0. The summed E-state index contributed by atoms with van der Waals surface area (Å²) in [4.78, 5) is 0. The van der Waals surface area contributed by atoms with Crippen molar-refractivity contribution in [3.8, 4) is 0 Å². The Bertz CT molecular complexity index is 411. The zero-order chi connectivity index (χ0) is 14.0. The van der Waals surface area contributed by atoms with E-state index in [9.17, 15) is 5.11 Å². The van der Waals surface area contributed by atoms with E-state index in [1.54, 1.807) is 0 Å². The van der Waals surface area contributed by atoms with E-state index in [1.165, 1.54) is 12.0 Å². The monoisotopic (exact) mass is 281 g/mol. The molecule has 2 unspecified atom stereocenters. The predicted molar refractivity (Wildman–Crippen MR) is 80.7 cm³/mol. The molecule has 106 valence electrons. The summed E-state index contributed by atoms with van der Waals surface area (Å²) in [5.41, 5.74) is 1.35. The highest BCUT2D eigenvalue weighted by molar-refractivity contribution is 6.30. The molecule has 2 rings (SSSR count). The number of hydrogen-bond acceptors (Lipinski definition) is 2. The van der Waals surface area contributed by atoms with Crippen LogP contribution in [0.3, 0.4) is 0 Å². The Morgan fingerprint density at radius 3 is 2.16 bits per heavy atom. The lowest BCUT2D eigenvalue weighted by molar-refractivity contribution is 0.0217. The van der Waals surface area contributed by atoms with Crippen LogP contribution in [0.5, 0.6) is 0 Å². The van der Waals surface area contributed by atoms with Crippen LogP contribution in [-0.2, 0) is 5.41 Å². The third kappa shape index (κ3) is 2.67. The van der Waals surface area contributed by atoms with Crippen molar-refractivity contribution in [3.05, 3.63) is 34.9 Å². The van der Waals surface area contributed by atoms with Crippen LogP contribution in [0.15, 0.2) is 24.3 Å². The minimum absolute atomic E-state index is 0.0586. The van der Waals surface area contributed by atoms with Gasteiger partial charge >= 0.3 is 0 Å². The molecule has 19 heavy (non-hydrogen) atoms. The van der Waals surface area contributed by atoms with Crippen LogP contribution in [0, 0.1) is 5.92 Å². The van der Waals surface area contributed by atoms with Crippen LogP contribution >= 0.6 is 11.6 Å². The third-order valence-electron chi connectivity index (χ3n) is 4.60. The zero-order valence-electron chi connectivity index (χ0n) is 12.0. The van der Waals surface area contributed by atoms with Crippen molar-refractivity contribution in [1.29, 1.82) is 0 Å². The first kappa shape index (κ1) is 14.8. The summed E-state index contributed by atoms with van der Waals surface area (Å²) in [6.07, 6.45) is 3.15. The molecule has 0 radical (unpaired) electrons. The molecule has 0 heterocycles. The number of rotatable bonds is 5. The van der Waals surface area contributed by atoms with Gasteiger partial charge in [-0.2, -0.15) is 0 Å². The van der Waals surface area contributed by atoms with Gasteiger partial charge in [-0.15, -0.1) is 0 Å². The molecule has 2 N–H and O–H groups in total. The van der Waals surface area contributed by atoms with Crippen molar-refractivity contribution in [2.45, 2.75) is 50.7 Å². The highest BCUT2D eigenvalue weighted by Crippen LogP contribution is 2.48. The Morgan fingerprint density at radius 2 is 1.79 bits per heavy atom. The van der Waals surface area contributed by atoms with Crippen molar-refractivity contribution in [3.63, 3.8) is 0 Å². The Hall–Kier alpha value is -0.570. The SMILES string of the molecule is CNC(C(O)C(C)C)C1(c2ccc(Cl)cc2)CCC1. The molecule has 0 amide bonds. The normalized spacial score (nSPS) is 20.9. The fourth-order valence-corrected chi connectivity index (χ4v) is 3.40. The van der Waals surface area contributed by atoms with Gasteiger partial charge in [-0.25, -0.2) is 0 Å². The molecule has 1 aliphatic rings. The molecule has 0 saturated heterocycles. The van der Waals surface area contributed by atoms with Crippen LogP contribution in [0.25, 0.3) is 0 Å². The second-order valence-corrected chi connectivity index (χ2v) is 6.45. The summed E-state index contributed by atoms with van der Waals surface area (Å²) in [7, 11) is 1.95. The van der Waals surface area contributed by atoms with Crippen molar-refractivity contribution < 1.29 is 5.11 Å². The van der Waals surface area contributed by atoms with E-state index in [0.29, 0.717) is 0 Å². The van der Waals surface area contributed by atoms with Gasteiger partial charge in [0.05, 0.1) is 6.10 Å². The largest absolute Gasteiger partial charge is 0.391 e. The Kier molecular flexibility index (Phi) is 4.54. The van der Waals surface area contributed by atoms with E-state index in [2.05, 4.69) is 31.3 Å². The van der Waals surface area contributed by atoms with Gasteiger partial charge in [-0.3, -0.25) is 0 Å². The molecule has 0 aliphatic heterocycles. The van der Waals surface area contributed by atoms with Crippen LogP contribution in [0.1, 0.15) is 38.7 Å². The first-order chi connectivity index (χ1) is 9.01. The average molecular weight is 282 g/mol. The van der Waals surface area contributed by atoms with Gasteiger partial charge in [0.2, 0.25) is 0 Å². The van der Waals surface area contributed by atoms with E-state index >= 15 is 0 Å². The quantitative estimate of drug-likeness (QED) is 0.867. The topological polar surface area (TPSA) is 32.3 Å². The summed E-state index contributed by atoms with van der Waals surface area (Å²) in [5.74, 6) is 0.252. The first-order valence-corrected chi connectivity index (χ1v) is 7.50. The number of aliphatic hydroxyl groups is 1. The van der Waals surface area contributed by atoms with Gasteiger partial charge in [-0.05, 0) is 43.5 Å². The Morgan fingerprint density at radius 1 is 1.21 bits per heavy atom. The van der Waals surface area contributed by atoms with Crippen molar-refractivity contribution >= 4 is 11.6 Å². The van der Waals surface area contributed by atoms with Crippen LogP contribution in [0.4, 0.5) is 0 Å². The molecule has 1 saturated carbocycles. The number of hydrogen-bond donors (Lipinski definition) is 2. The van der Waals surface area contributed by atoms with Gasteiger partial charge in [-0.1, -0.05) is 44.0 Å². The van der Waals surface area contributed by atoms with Crippen molar-refractivity contribution in [1.82, 2.24) is 5.32 Å². The van der Waals surface area contributed by atoms with Crippen LogP contribution in [0.2, 0.25) is 5.02 Å². The molecular formula is C16H24ClNO. The van der Waals surface area contributed by atoms with E-state index in [4.69, 9.17) is 11.6 Å². The second kappa shape index (κ2) is 5.82. The lowest BCUT2D eigenvalue weighted by atomic mass is 9.58. The van der Waals surface area contributed by atoms with E-state index in [0.717, 1.165) is 17.9 Å². The van der Waals surface area contributed by atoms with Gasteiger partial charge in [0.15, 0.2) is 0 Å². The maximum absolute atomic E-state index is 10.5. The van der Waals surface area contributed by atoms with Gasteiger partial charge in [0, 0.05) is 16.5 Å². The highest BCUT2D eigenvalue weighted by atomic mass is 35.5. The fraction of sp³-hybridized carbons (Fsp3) is 0.625. The summed E-state index contributed by atoms with van der Waals surface area (Å²) in [6, 6.07) is 8.22. The summed E-state index contributed by atoms with van der Waals surface area (Å²) >= 11 is 5.98. The maximum atomic E-state index is 10.5. The number of aliphatic hydroxyl groups excluding tert-OH is 1. The lowest BCUT2D eigenvalue weighted by Gasteiger charge is -2.50. The molecule has 1 fully saturated rings. The van der Waals surface area contributed by atoms with Gasteiger partial charge in [0.1, 0.15) is 0 Å². The van der Waals surface area contributed by atoms with Crippen LogP contribution < -0.4 is 5.32 Å². The van der Waals surface area contributed by atoms with E-state index < -0.39 is 0 Å². The minimum Gasteiger partial charge on any atom is -0.391 e. The van der Waals surface area contributed by atoms with Gasteiger partial charge in [0.25, 0.3) is 0 Å². The second-order valence-electron chi connectivity index (χ2n) is 6.02. The molecule has 1 aromatic rings. The molecule has 2 atom stereocenters. The summed E-state index contributed by atoms with van der Waals surface area (Å²) in [6.45, 7) is 4.15. The molecular weight excluding hydrogens is 258 g/mol. The number of likely N-dealkylation sites (N-methyl/N-ethyl adjacent to an activating group) is 1. The average Bonchev–Trinajstić information content (AvgIpc) is 2.34. The number of nitrogens with one attached hydrogen (secondary N) is 1. The maximum Gasteiger partial charge on any atom is 0.0724 e. The molecule has 1 aromatic carbocycles. The molecule has 2 nitrogen and oxygen atoms in total. The number of benzene rings is 1. The fourth-order valence-electron chi connectivity index (χ4n) is 3.28. The van der Waals surface area contributed by atoms with Crippen LogP contribution in [-0.4, -0.2) is 24.3 Å². The minimum atomic E-state index is -0.332. The van der Waals surface area contributed by atoms with Gasteiger partial charge < -0.3 is 10.4 Å². The summed E-state index contributed by atoms with van der Waals surface area (Å²) in [5, 5.41) is 14.6. The molecule has 0 spiro atoms. The third-order valence-corrected chi connectivity index (χ3v) is 4.85. The zero-order valence-corrected chi connectivity index (χ0v) is 12.7. The molecule has 0 aromatic heterocycles.